The van der Waals surface area contributed by atoms with Crippen LogP contribution in [-0.2, 0) is 20.7 Å². The lowest BCUT2D eigenvalue weighted by Gasteiger charge is -2.40. The number of hydrogen-bond donors (Lipinski definition) is 2. The van der Waals surface area contributed by atoms with Crippen molar-refractivity contribution in [1.82, 2.24) is 4.98 Å². The monoisotopic (exact) mass is 494 g/mol. The van der Waals surface area contributed by atoms with Crippen molar-refractivity contribution < 1.29 is 14.3 Å². The van der Waals surface area contributed by atoms with Gasteiger partial charge in [-0.2, -0.15) is 10.5 Å². The molecule has 2 heterocycles. The fourth-order valence-electron chi connectivity index (χ4n) is 3.45. The van der Waals surface area contributed by atoms with E-state index in [1.165, 1.54) is 6.42 Å². The first-order valence-corrected chi connectivity index (χ1v) is 12.2. The average Bonchev–Trinajstić information content (AvgIpc) is 2.84. The van der Waals surface area contributed by atoms with Crippen LogP contribution in [-0.4, -0.2) is 42.6 Å². The Bertz CT molecular complexity index is 1120. The molecule has 3 rings (SSSR count). The van der Waals surface area contributed by atoms with E-state index in [9.17, 15) is 20.1 Å². The minimum Gasteiger partial charge on any atom is -0.458 e. The standard InChI is InChI=1S/C22H22N6O3S.C3H8/c1-2-15-16(8-23)21(28-11-14(12-28)31-18(29)10-25)27-22(17(15)9-24)32-19(20(26)30)13-6-4-3-5-7-13;1-3-2/h3-7,14,19H,2,10-12,25H2,1H3,(H2,26,30);3H2,1-2H3. The summed E-state index contributed by atoms with van der Waals surface area (Å²) in [5, 5.41) is 19.2. The second-order valence-electron chi connectivity index (χ2n) is 7.79. The molecule has 1 aliphatic heterocycles. The fourth-order valence-corrected chi connectivity index (χ4v) is 4.51. The topological polar surface area (TPSA) is 159 Å². The van der Waals surface area contributed by atoms with Gasteiger partial charge in [-0.25, -0.2) is 4.98 Å². The average molecular weight is 495 g/mol. The summed E-state index contributed by atoms with van der Waals surface area (Å²) in [6.45, 7) is 6.60. The highest BCUT2D eigenvalue weighted by atomic mass is 32.2. The van der Waals surface area contributed by atoms with Gasteiger partial charge in [-0.05, 0) is 17.5 Å². The second kappa shape index (κ2) is 13.3. The van der Waals surface area contributed by atoms with Gasteiger partial charge >= 0.3 is 5.97 Å². The molecular weight excluding hydrogens is 464 g/mol. The molecule has 35 heavy (non-hydrogen) atoms. The Morgan fingerprint density at radius 2 is 1.77 bits per heavy atom. The van der Waals surface area contributed by atoms with Crippen molar-refractivity contribution in [3.8, 4) is 12.1 Å². The molecule has 0 aliphatic carbocycles. The molecule has 9 nitrogen and oxygen atoms in total. The van der Waals surface area contributed by atoms with Crippen molar-refractivity contribution in [3.05, 3.63) is 52.6 Å². The van der Waals surface area contributed by atoms with Crippen molar-refractivity contribution in [1.29, 1.82) is 10.5 Å². The number of thioether (sulfide) groups is 1. The van der Waals surface area contributed by atoms with Gasteiger partial charge in [0, 0.05) is 0 Å². The Morgan fingerprint density at radius 3 is 2.26 bits per heavy atom. The van der Waals surface area contributed by atoms with Crippen LogP contribution in [0, 0.1) is 22.7 Å². The summed E-state index contributed by atoms with van der Waals surface area (Å²) in [6, 6.07) is 13.3. The highest BCUT2D eigenvalue weighted by Crippen LogP contribution is 2.40. The first kappa shape index (κ1) is 27.6. The molecule has 1 unspecified atom stereocenters. The molecule has 1 atom stereocenters. The van der Waals surface area contributed by atoms with Crippen LogP contribution in [0.15, 0.2) is 35.4 Å². The lowest BCUT2D eigenvalue weighted by Crippen LogP contribution is -2.54. The van der Waals surface area contributed by atoms with Gasteiger partial charge in [0.25, 0.3) is 0 Å². The van der Waals surface area contributed by atoms with Crippen LogP contribution >= 0.6 is 11.8 Å². The molecule has 1 saturated heterocycles. The summed E-state index contributed by atoms with van der Waals surface area (Å²) < 4.78 is 5.21. The number of esters is 1. The molecule has 1 aromatic heterocycles. The van der Waals surface area contributed by atoms with Gasteiger partial charge in [0.2, 0.25) is 5.91 Å². The van der Waals surface area contributed by atoms with Gasteiger partial charge in [0.15, 0.2) is 0 Å². The third-order valence-corrected chi connectivity index (χ3v) is 6.29. The van der Waals surface area contributed by atoms with E-state index < -0.39 is 17.1 Å². The number of carbonyl (C=O) groups excluding carboxylic acids is 2. The molecule has 184 valence electrons. The van der Waals surface area contributed by atoms with Gasteiger partial charge in [-0.3, -0.25) is 9.59 Å². The van der Waals surface area contributed by atoms with E-state index in [1.807, 2.05) is 13.0 Å². The number of carbonyl (C=O) groups is 2. The van der Waals surface area contributed by atoms with Crippen LogP contribution in [0.2, 0.25) is 0 Å². The number of primary amides is 1. The van der Waals surface area contributed by atoms with E-state index in [-0.39, 0.29) is 18.2 Å². The number of ether oxygens (including phenoxy) is 1. The Balaban J connectivity index is 0.00000137. The minimum atomic E-state index is -0.754. The van der Waals surface area contributed by atoms with E-state index in [0.29, 0.717) is 47.0 Å². The Hall–Kier alpha value is -3.60. The SMILES string of the molecule is CCC.CCc1c(C#N)c(SC(C(N)=O)c2ccccc2)nc(N2CC(OC(=O)CN)C2)c1C#N. The third kappa shape index (κ3) is 6.72. The van der Waals surface area contributed by atoms with Crippen LogP contribution < -0.4 is 16.4 Å². The molecule has 1 amide bonds. The van der Waals surface area contributed by atoms with Crippen LogP contribution in [0.5, 0.6) is 0 Å². The van der Waals surface area contributed by atoms with Crippen LogP contribution in [0.4, 0.5) is 5.82 Å². The summed E-state index contributed by atoms with van der Waals surface area (Å²) in [5.74, 6) is -0.670. The third-order valence-electron chi connectivity index (χ3n) is 5.03. The van der Waals surface area contributed by atoms with E-state index in [0.717, 1.165) is 11.8 Å². The number of pyridine rings is 1. The van der Waals surface area contributed by atoms with Crippen molar-refractivity contribution in [3.63, 3.8) is 0 Å². The zero-order valence-corrected chi connectivity index (χ0v) is 21.0. The summed E-state index contributed by atoms with van der Waals surface area (Å²) in [6.07, 6.45) is 1.33. The largest absolute Gasteiger partial charge is 0.458 e. The smallest absolute Gasteiger partial charge is 0.320 e. The highest BCUT2D eigenvalue weighted by Gasteiger charge is 2.34. The maximum atomic E-state index is 12.2. The van der Waals surface area contributed by atoms with Crippen LogP contribution in [0.25, 0.3) is 0 Å². The molecule has 1 aliphatic rings. The molecule has 1 aromatic carbocycles. The number of amides is 1. The Kier molecular flexibility index (Phi) is 10.5. The predicted octanol–water partition coefficient (Wildman–Crippen LogP) is 2.81. The summed E-state index contributed by atoms with van der Waals surface area (Å²) in [4.78, 5) is 30.0. The molecule has 0 bridgehead atoms. The number of anilines is 1. The lowest BCUT2D eigenvalue weighted by molar-refractivity contribution is -0.148. The maximum absolute atomic E-state index is 12.2. The summed E-state index contributed by atoms with van der Waals surface area (Å²) in [7, 11) is 0. The first-order valence-electron chi connectivity index (χ1n) is 11.4. The summed E-state index contributed by atoms with van der Waals surface area (Å²) >= 11 is 1.08. The number of hydrogen-bond acceptors (Lipinski definition) is 9. The van der Waals surface area contributed by atoms with Crippen molar-refractivity contribution >= 4 is 29.5 Å². The zero-order chi connectivity index (χ0) is 26.0. The first-order chi connectivity index (χ1) is 16.8. The number of aromatic nitrogens is 1. The number of rotatable bonds is 8. The van der Waals surface area contributed by atoms with Gasteiger partial charge < -0.3 is 21.1 Å². The van der Waals surface area contributed by atoms with E-state index in [4.69, 9.17) is 16.2 Å². The van der Waals surface area contributed by atoms with E-state index >= 15 is 0 Å². The van der Waals surface area contributed by atoms with Crippen molar-refractivity contribution in [2.24, 2.45) is 11.5 Å². The lowest BCUT2D eigenvalue weighted by atomic mass is 10.0. The van der Waals surface area contributed by atoms with Crippen LogP contribution in [0.1, 0.15) is 54.7 Å². The molecule has 10 heteroatoms. The van der Waals surface area contributed by atoms with Gasteiger partial charge in [0.05, 0.1) is 30.8 Å². The quantitative estimate of drug-likeness (QED) is 0.415. The molecule has 0 saturated carbocycles. The number of nitrogens with zero attached hydrogens (tertiary/aromatic N) is 4. The number of nitrogens with two attached hydrogens (primary N) is 2. The molecule has 0 spiro atoms. The Morgan fingerprint density at radius 1 is 1.17 bits per heavy atom. The molecular formula is C25H30N6O3S. The van der Waals surface area contributed by atoms with E-state index in [1.54, 1.807) is 29.2 Å². The molecule has 1 fully saturated rings. The van der Waals surface area contributed by atoms with E-state index in [2.05, 4.69) is 31.0 Å². The molecule has 0 radical (unpaired) electrons. The van der Waals surface area contributed by atoms with Crippen molar-refractivity contribution in [2.75, 3.05) is 24.5 Å². The number of nitriles is 2. The minimum absolute atomic E-state index is 0.205. The second-order valence-corrected chi connectivity index (χ2v) is 8.88. The zero-order valence-electron chi connectivity index (χ0n) is 20.2. The Labute approximate surface area is 210 Å². The normalized spacial score (nSPS) is 13.4. The molecule has 2 aromatic rings. The molecule has 4 N–H and O–H groups in total. The van der Waals surface area contributed by atoms with Gasteiger partial charge in [0.1, 0.15) is 34.3 Å². The maximum Gasteiger partial charge on any atom is 0.320 e. The van der Waals surface area contributed by atoms with Gasteiger partial charge in [-0.15, -0.1) is 0 Å². The van der Waals surface area contributed by atoms with Crippen LogP contribution in [0.3, 0.4) is 0 Å². The predicted molar refractivity (Wildman–Crippen MR) is 134 cm³/mol. The highest BCUT2D eigenvalue weighted by molar-refractivity contribution is 8.00. The fraction of sp³-hybridized carbons (Fsp3) is 0.400. The van der Waals surface area contributed by atoms with Gasteiger partial charge in [-0.1, -0.05) is 69.3 Å². The number of benzene rings is 1. The summed E-state index contributed by atoms with van der Waals surface area (Å²) in [5.41, 5.74) is 12.7. The van der Waals surface area contributed by atoms with Crippen molar-refractivity contribution in [2.45, 2.75) is 50.0 Å².